The molecular weight excluding hydrogens is 302 g/mol. The summed E-state index contributed by atoms with van der Waals surface area (Å²) in [6.07, 6.45) is 20.8. The number of nitrogens with one attached hydrogen (secondary N) is 1. The lowest BCUT2D eigenvalue weighted by Crippen LogP contribution is -2.25. The van der Waals surface area contributed by atoms with Gasteiger partial charge in [-0.1, -0.05) is 103 Å². The monoisotopic (exact) mass is 343 g/mol. The van der Waals surface area contributed by atoms with Crippen LogP contribution in [0.25, 0.3) is 0 Å². The van der Waals surface area contributed by atoms with E-state index in [1.807, 2.05) is 0 Å². The molecule has 0 aromatic heterocycles. The van der Waals surface area contributed by atoms with Crippen LogP contribution in [-0.4, -0.2) is 24.5 Å². The molecular formula is C20H41NO3. The van der Waals surface area contributed by atoms with Crippen LogP contribution in [-0.2, 0) is 4.74 Å². The highest BCUT2D eigenvalue weighted by Gasteiger charge is 1.99. The van der Waals surface area contributed by atoms with Crippen molar-refractivity contribution in [3.05, 3.63) is 0 Å². The third kappa shape index (κ3) is 19.3. The van der Waals surface area contributed by atoms with E-state index in [9.17, 15) is 4.79 Å². The molecule has 0 bridgehead atoms. The fraction of sp³-hybridized carbons (Fsp3) is 0.950. The SMILES string of the molecule is CCCCCCCCCCCCCCCCCCOC(=O)NCO. The van der Waals surface area contributed by atoms with Gasteiger partial charge in [0.2, 0.25) is 0 Å². The second-order valence-corrected chi connectivity index (χ2v) is 6.77. The molecule has 0 aromatic rings. The summed E-state index contributed by atoms with van der Waals surface area (Å²) in [5, 5.41) is 10.7. The zero-order valence-electron chi connectivity index (χ0n) is 16.0. The number of amides is 1. The minimum atomic E-state index is -0.529. The fourth-order valence-electron chi connectivity index (χ4n) is 2.93. The van der Waals surface area contributed by atoms with E-state index in [0.29, 0.717) is 6.61 Å². The summed E-state index contributed by atoms with van der Waals surface area (Å²) in [5.41, 5.74) is 0. The summed E-state index contributed by atoms with van der Waals surface area (Å²) >= 11 is 0. The standard InChI is InChI=1S/C20H41NO3/c1-2-3-4-5-6-7-8-9-10-11-12-13-14-15-16-17-18-24-20(23)21-19-22/h22H,2-19H2,1H3,(H,21,23). The first kappa shape index (κ1) is 23.2. The van der Waals surface area contributed by atoms with Crippen LogP contribution in [0.2, 0.25) is 0 Å². The van der Waals surface area contributed by atoms with Gasteiger partial charge in [0.25, 0.3) is 0 Å². The zero-order valence-corrected chi connectivity index (χ0v) is 16.0. The van der Waals surface area contributed by atoms with Gasteiger partial charge >= 0.3 is 6.09 Å². The van der Waals surface area contributed by atoms with Crippen LogP contribution in [0.3, 0.4) is 0 Å². The number of aliphatic hydroxyl groups is 1. The highest BCUT2D eigenvalue weighted by molar-refractivity contribution is 5.66. The lowest BCUT2D eigenvalue weighted by molar-refractivity contribution is 0.131. The summed E-state index contributed by atoms with van der Waals surface area (Å²) in [6.45, 7) is 2.36. The van der Waals surface area contributed by atoms with E-state index in [2.05, 4.69) is 12.2 Å². The maximum atomic E-state index is 10.9. The third-order valence-corrected chi connectivity index (χ3v) is 4.45. The van der Waals surface area contributed by atoms with Crippen LogP contribution < -0.4 is 5.32 Å². The Morgan fingerprint density at radius 2 is 1.08 bits per heavy atom. The molecule has 0 spiro atoms. The lowest BCUT2D eigenvalue weighted by atomic mass is 10.0. The Bertz CT molecular complexity index is 259. The predicted octanol–water partition coefficient (Wildman–Crippen LogP) is 5.92. The summed E-state index contributed by atoms with van der Waals surface area (Å²) < 4.78 is 4.89. The molecule has 0 aliphatic heterocycles. The molecule has 4 nitrogen and oxygen atoms in total. The Kier molecular flexibility index (Phi) is 19.6. The molecule has 0 unspecified atom stereocenters. The number of carbonyl (C=O) groups is 1. The predicted molar refractivity (Wildman–Crippen MR) is 101 cm³/mol. The van der Waals surface area contributed by atoms with Gasteiger partial charge in [0.05, 0.1) is 6.61 Å². The molecule has 144 valence electrons. The molecule has 2 N–H and O–H groups in total. The topological polar surface area (TPSA) is 58.6 Å². The number of rotatable bonds is 18. The minimum Gasteiger partial charge on any atom is -0.450 e. The minimum absolute atomic E-state index is 0.363. The third-order valence-electron chi connectivity index (χ3n) is 4.45. The van der Waals surface area contributed by atoms with Crippen LogP contribution >= 0.6 is 0 Å². The number of aliphatic hydroxyl groups excluding tert-OH is 1. The zero-order chi connectivity index (χ0) is 17.7. The normalized spacial score (nSPS) is 10.8. The number of unbranched alkanes of at least 4 members (excludes halogenated alkanes) is 15. The molecule has 1 amide bonds. The van der Waals surface area contributed by atoms with E-state index < -0.39 is 6.09 Å². The number of ether oxygens (including phenoxy) is 1. The molecule has 0 atom stereocenters. The summed E-state index contributed by atoms with van der Waals surface area (Å²) in [5.74, 6) is 0. The van der Waals surface area contributed by atoms with E-state index >= 15 is 0 Å². The van der Waals surface area contributed by atoms with Gasteiger partial charge < -0.3 is 9.84 Å². The second-order valence-electron chi connectivity index (χ2n) is 6.77. The number of alkyl carbamates (subject to hydrolysis) is 1. The van der Waals surface area contributed by atoms with Gasteiger partial charge in [-0.3, -0.25) is 5.32 Å². The molecule has 0 aromatic carbocycles. The molecule has 0 aliphatic carbocycles. The van der Waals surface area contributed by atoms with Crippen molar-refractivity contribution >= 4 is 6.09 Å². The van der Waals surface area contributed by atoms with Crippen molar-refractivity contribution in [1.29, 1.82) is 0 Å². The van der Waals surface area contributed by atoms with Gasteiger partial charge in [-0.25, -0.2) is 4.79 Å². The first-order chi connectivity index (χ1) is 11.8. The Balaban J connectivity index is 3.01. The summed E-state index contributed by atoms with van der Waals surface area (Å²) in [7, 11) is 0. The van der Waals surface area contributed by atoms with Crippen molar-refractivity contribution in [2.24, 2.45) is 0 Å². The molecule has 0 fully saturated rings. The first-order valence-electron chi connectivity index (χ1n) is 10.3. The molecule has 4 heteroatoms. The van der Waals surface area contributed by atoms with Crippen molar-refractivity contribution in [3.8, 4) is 0 Å². The van der Waals surface area contributed by atoms with Gasteiger partial charge in [0.1, 0.15) is 6.73 Å². The van der Waals surface area contributed by atoms with Crippen LogP contribution in [0, 0.1) is 0 Å². The number of hydrogen-bond acceptors (Lipinski definition) is 3. The average molecular weight is 344 g/mol. The van der Waals surface area contributed by atoms with Crippen molar-refractivity contribution < 1.29 is 14.6 Å². The molecule has 0 saturated heterocycles. The maximum absolute atomic E-state index is 10.9. The van der Waals surface area contributed by atoms with Crippen molar-refractivity contribution in [2.75, 3.05) is 13.3 Å². The van der Waals surface area contributed by atoms with Crippen molar-refractivity contribution in [2.45, 2.75) is 110 Å². The quantitative estimate of drug-likeness (QED) is 0.240. The fourth-order valence-corrected chi connectivity index (χ4v) is 2.93. The molecule has 24 heavy (non-hydrogen) atoms. The Morgan fingerprint density at radius 1 is 0.708 bits per heavy atom. The van der Waals surface area contributed by atoms with E-state index in [-0.39, 0.29) is 6.73 Å². The maximum Gasteiger partial charge on any atom is 0.408 e. The van der Waals surface area contributed by atoms with Crippen LogP contribution in [0.5, 0.6) is 0 Å². The summed E-state index contributed by atoms with van der Waals surface area (Å²) in [6, 6.07) is 0. The first-order valence-corrected chi connectivity index (χ1v) is 10.3. The smallest absolute Gasteiger partial charge is 0.408 e. The highest BCUT2D eigenvalue weighted by Crippen LogP contribution is 2.13. The molecule has 0 heterocycles. The summed E-state index contributed by atoms with van der Waals surface area (Å²) in [4.78, 5) is 10.9. The average Bonchev–Trinajstić information content (AvgIpc) is 2.58. The van der Waals surface area contributed by atoms with Crippen LogP contribution in [0.4, 0.5) is 4.79 Å². The second kappa shape index (κ2) is 20.3. The molecule has 0 rings (SSSR count). The lowest BCUT2D eigenvalue weighted by Gasteiger charge is -2.05. The number of carbonyl (C=O) groups excluding carboxylic acids is 1. The van der Waals surface area contributed by atoms with Crippen molar-refractivity contribution in [1.82, 2.24) is 5.32 Å². The number of hydrogen-bond donors (Lipinski definition) is 2. The molecule has 0 saturated carbocycles. The van der Waals surface area contributed by atoms with E-state index in [1.54, 1.807) is 0 Å². The van der Waals surface area contributed by atoms with Gasteiger partial charge in [0, 0.05) is 0 Å². The molecule has 0 aliphatic rings. The molecule has 0 radical (unpaired) electrons. The van der Waals surface area contributed by atoms with Crippen molar-refractivity contribution in [3.63, 3.8) is 0 Å². The van der Waals surface area contributed by atoms with Gasteiger partial charge in [0.15, 0.2) is 0 Å². The van der Waals surface area contributed by atoms with Crippen LogP contribution in [0.1, 0.15) is 110 Å². The van der Waals surface area contributed by atoms with Crippen LogP contribution in [0.15, 0.2) is 0 Å². The Morgan fingerprint density at radius 3 is 1.46 bits per heavy atom. The Labute approximate surface area is 149 Å². The largest absolute Gasteiger partial charge is 0.450 e. The van der Waals surface area contributed by atoms with E-state index in [0.717, 1.165) is 12.8 Å². The van der Waals surface area contributed by atoms with E-state index in [4.69, 9.17) is 9.84 Å². The van der Waals surface area contributed by atoms with Gasteiger partial charge in [-0.05, 0) is 6.42 Å². The Hall–Kier alpha value is -0.770. The van der Waals surface area contributed by atoms with Gasteiger partial charge in [-0.2, -0.15) is 0 Å². The highest BCUT2D eigenvalue weighted by atomic mass is 16.5. The van der Waals surface area contributed by atoms with E-state index in [1.165, 1.54) is 89.9 Å². The van der Waals surface area contributed by atoms with Gasteiger partial charge in [-0.15, -0.1) is 0 Å².